The second-order valence-electron chi connectivity index (χ2n) is 6.60. The van der Waals surface area contributed by atoms with Gasteiger partial charge in [0.15, 0.2) is 11.5 Å². The minimum Gasteiger partial charge on any atom is -0.493 e. The molecule has 2 rings (SSSR count). The van der Waals surface area contributed by atoms with Crippen molar-refractivity contribution in [1.82, 2.24) is 10.2 Å². The molecule has 0 radical (unpaired) electrons. The molecule has 148 valence electrons. The van der Waals surface area contributed by atoms with Crippen molar-refractivity contribution in [3.63, 3.8) is 0 Å². The molecule has 1 atom stereocenters. The van der Waals surface area contributed by atoms with Crippen LogP contribution >= 0.6 is 12.4 Å². The van der Waals surface area contributed by atoms with E-state index in [1.165, 1.54) is 24.0 Å². The zero-order valence-electron chi connectivity index (χ0n) is 16.0. The molecule has 1 heterocycles. The van der Waals surface area contributed by atoms with E-state index >= 15 is 0 Å². The topological polar surface area (TPSA) is 76.8 Å². The molecule has 0 bridgehead atoms. The van der Waals surface area contributed by atoms with Gasteiger partial charge >= 0.3 is 0 Å². The Bertz CT molecular complexity index is 583. The van der Waals surface area contributed by atoms with Crippen molar-refractivity contribution in [2.45, 2.75) is 45.2 Å². The van der Waals surface area contributed by atoms with E-state index in [0.29, 0.717) is 25.6 Å². The predicted octanol–water partition coefficient (Wildman–Crippen LogP) is 2.25. The Balaban J connectivity index is 0.00000338. The lowest BCUT2D eigenvalue weighted by Gasteiger charge is -2.36. The van der Waals surface area contributed by atoms with Gasteiger partial charge < -0.3 is 20.5 Å². The number of ether oxygens (including phenoxy) is 2. The predicted molar refractivity (Wildman–Crippen MR) is 106 cm³/mol. The van der Waals surface area contributed by atoms with E-state index in [1.807, 2.05) is 6.07 Å². The van der Waals surface area contributed by atoms with Crippen molar-refractivity contribution in [3.05, 3.63) is 23.3 Å². The molecular weight excluding hydrogens is 354 g/mol. The van der Waals surface area contributed by atoms with E-state index in [0.717, 1.165) is 31.0 Å². The first kappa shape index (κ1) is 22.5. The Morgan fingerprint density at radius 2 is 1.96 bits per heavy atom. The summed E-state index contributed by atoms with van der Waals surface area (Å²) in [5, 5.41) is 3.02. The maximum absolute atomic E-state index is 11.7. The molecule has 1 unspecified atom stereocenters. The van der Waals surface area contributed by atoms with Gasteiger partial charge in [0.1, 0.15) is 0 Å². The Morgan fingerprint density at radius 1 is 1.27 bits per heavy atom. The highest BCUT2D eigenvalue weighted by molar-refractivity contribution is 5.85. The molecule has 1 aliphatic rings. The summed E-state index contributed by atoms with van der Waals surface area (Å²) < 4.78 is 10.8. The van der Waals surface area contributed by atoms with Crippen molar-refractivity contribution < 1.29 is 14.3 Å². The van der Waals surface area contributed by atoms with Crippen LogP contribution in [-0.4, -0.2) is 50.7 Å². The monoisotopic (exact) mass is 385 g/mol. The van der Waals surface area contributed by atoms with Gasteiger partial charge in [0.25, 0.3) is 0 Å². The summed E-state index contributed by atoms with van der Waals surface area (Å²) in [7, 11) is 3.31. The quantitative estimate of drug-likeness (QED) is 0.717. The van der Waals surface area contributed by atoms with Crippen LogP contribution in [0.3, 0.4) is 0 Å². The van der Waals surface area contributed by atoms with E-state index in [2.05, 4.69) is 23.2 Å². The number of piperidine rings is 1. The third-order valence-corrected chi connectivity index (χ3v) is 4.87. The molecule has 1 aromatic rings. The number of nitrogens with zero attached hydrogens (tertiary/aromatic N) is 1. The van der Waals surface area contributed by atoms with E-state index in [-0.39, 0.29) is 18.3 Å². The molecule has 26 heavy (non-hydrogen) atoms. The zero-order chi connectivity index (χ0) is 18.2. The summed E-state index contributed by atoms with van der Waals surface area (Å²) in [6.45, 7) is 5.07. The van der Waals surface area contributed by atoms with Crippen molar-refractivity contribution in [3.8, 4) is 11.5 Å². The van der Waals surface area contributed by atoms with Crippen LogP contribution in [0.2, 0.25) is 0 Å². The Morgan fingerprint density at radius 3 is 2.62 bits per heavy atom. The Kier molecular flexibility index (Phi) is 9.76. The largest absolute Gasteiger partial charge is 0.493 e. The molecule has 3 N–H and O–H groups in total. The van der Waals surface area contributed by atoms with Gasteiger partial charge in [-0.3, -0.25) is 9.69 Å². The van der Waals surface area contributed by atoms with Crippen LogP contribution in [-0.2, 0) is 11.3 Å². The molecule has 0 saturated carbocycles. The first-order valence-electron chi connectivity index (χ1n) is 9.01. The Hall–Kier alpha value is -1.50. The van der Waals surface area contributed by atoms with Crippen LogP contribution in [0.25, 0.3) is 0 Å². The molecule has 6 nitrogen and oxygen atoms in total. The summed E-state index contributed by atoms with van der Waals surface area (Å²) in [4.78, 5) is 14.2. The van der Waals surface area contributed by atoms with Crippen molar-refractivity contribution in [2.75, 3.05) is 33.9 Å². The maximum atomic E-state index is 11.7. The van der Waals surface area contributed by atoms with Crippen LogP contribution in [0.4, 0.5) is 0 Å². The number of amides is 1. The highest BCUT2D eigenvalue weighted by Crippen LogP contribution is 2.31. The van der Waals surface area contributed by atoms with Crippen LogP contribution < -0.4 is 20.5 Å². The molecule has 0 aromatic heterocycles. The number of nitrogens with two attached hydrogens (primary N) is 1. The fourth-order valence-electron chi connectivity index (χ4n) is 3.36. The first-order valence-corrected chi connectivity index (χ1v) is 9.01. The lowest BCUT2D eigenvalue weighted by atomic mass is 9.99. The molecule has 1 aliphatic heterocycles. The molecule has 7 heteroatoms. The number of hydrogen-bond donors (Lipinski definition) is 2. The molecule has 1 saturated heterocycles. The van der Waals surface area contributed by atoms with Gasteiger partial charge in [0.2, 0.25) is 5.91 Å². The van der Waals surface area contributed by atoms with Crippen LogP contribution in [0.5, 0.6) is 11.5 Å². The van der Waals surface area contributed by atoms with Gasteiger partial charge in [-0.05, 0) is 49.6 Å². The smallest absolute Gasteiger partial charge is 0.221 e. The van der Waals surface area contributed by atoms with Crippen molar-refractivity contribution >= 4 is 18.3 Å². The summed E-state index contributed by atoms with van der Waals surface area (Å²) >= 11 is 0. The molecule has 1 fully saturated rings. The van der Waals surface area contributed by atoms with Gasteiger partial charge in [-0.15, -0.1) is 12.4 Å². The minimum atomic E-state index is 0. The van der Waals surface area contributed by atoms with E-state index in [9.17, 15) is 4.79 Å². The van der Waals surface area contributed by atoms with Crippen molar-refractivity contribution in [2.24, 2.45) is 5.73 Å². The molecule has 1 aromatic carbocycles. The molecule has 0 spiro atoms. The number of aryl methyl sites for hydroxylation is 1. The maximum Gasteiger partial charge on any atom is 0.221 e. The van der Waals surface area contributed by atoms with E-state index < -0.39 is 0 Å². The van der Waals surface area contributed by atoms with E-state index in [4.69, 9.17) is 15.2 Å². The number of rotatable bonds is 8. The van der Waals surface area contributed by atoms with Gasteiger partial charge in [-0.2, -0.15) is 0 Å². The van der Waals surface area contributed by atoms with Crippen molar-refractivity contribution in [1.29, 1.82) is 0 Å². The minimum absolute atomic E-state index is 0. The van der Waals surface area contributed by atoms with Crippen LogP contribution in [0.1, 0.15) is 36.8 Å². The number of likely N-dealkylation sites (tertiary alicyclic amines) is 1. The fourth-order valence-corrected chi connectivity index (χ4v) is 3.36. The van der Waals surface area contributed by atoms with Gasteiger partial charge in [-0.1, -0.05) is 6.42 Å². The number of carbonyl (C=O) groups is 1. The fraction of sp³-hybridized carbons (Fsp3) is 0.632. The van der Waals surface area contributed by atoms with Gasteiger partial charge in [0, 0.05) is 32.1 Å². The number of halogens is 1. The van der Waals surface area contributed by atoms with Crippen LogP contribution in [0, 0.1) is 6.92 Å². The number of benzene rings is 1. The lowest BCUT2D eigenvalue weighted by molar-refractivity contribution is -0.121. The van der Waals surface area contributed by atoms with E-state index in [1.54, 1.807) is 14.2 Å². The van der Waals surface area contributed by atoms with Gasteiger partial charge in [-0.25, -0.2) is 0 Å². The molecule has 0 aliphatic carbocycles. The number of methoxy groups -OCH3 is 2. The Labute approximate surface area is 162 Å². The average molecular weight is 386 g/mol. The second kappa shape index (κ2) is 11.3. The third kappa shape index (κ3) is 6.04. The summed E-state index contributed by atoms with van der Waals surface area (Å²) in [5.41, 5.74) is 7.87. The standard InChI is InChI=1S/C19H31N3O3.ClH/c1-14-10-17(24-2)18(25-3)11-15(14)13-22-9-5-4-6-16(22)12-21-19(23)7-8-20;/h10-11,16H,4-9,12-13,20H2,1-3H3,(H,21,23);1H. The summed E-state index contributed by atoms with van der Waals surface area (Å²) in [6.07, 6.45) is 3.90. The highest BCUT2D eigenvalue weighted by Gasteiger charge is 2.24. The van der Waals surface area contributed by atoms with Crippen LogP contribution in [0.15, 0.2) is 12.1 Å². The molecular formula is C19H32ClN3O3. The summed E-state index contributed by atoms with van der Waals surface area (Å²) in [6, 6.07) is 4.45. The molecule has 1 amide bonds. The summed E-state index contributed by atoms with van der Waals surface area (Å²) in [5.74, 6) is 1.55. The first-order chi connectivity index (χ1) is 12.1. The number of carbonyl (C=O) groups excluding carboxylic acids is 1. The average Bonchev–Trinajstić information content (AvgIpc) is 2.62. The van der Waals surface area contributed by atoms with Gasteiger partial charge in [0.05, 0.1) is 14.2 Å². The highest BCUT2D eigenvalue weighted by atomic mass is 35.5. The SMILES string of the molecule is COc1cc(C)c(CN2CCCCC2CNC(=O)CCN)cc1OC.Cl. The third-order valence-electron chi connectivity index (χ3n) is 4.87. The second-order valence-corrected chi connectivity index (χ2v) is 6.60. The number of hydrogen-bond acceptors (Lipinski definition) is 5. The number of nitrogens with one attached hydrogen (secondary N) is 1. The normalized spacial score (nSPS) is 17.3. The lowest BCUT2D eigenvalue weighted by Crippen LogP contribution is -2.46. The zero-order valence-corrected chi connectivity index (χ0v) is 16.9.